The molecule has 4 rings (SSSR count). The van der Waals surface area contributed by atoms with Gasteiger partial charge in [-0.2, -0.15) is 0 Å². The number of ether oxygens (including phenoxy) is 2. The van der Waals surface area contributed by atoms with Crippen LogP contribution < -0.4 is 19.7 Å². The van der Waals surface area contributed by atoms with Gasteiger partial charge in [0.15, 0.2) is 11.5 Å². The Balaban J connectivity index is 1.34. The first kappa shape index (κ1) is 14.1. The van der Waals surface area contributed by atoms with E-state index in [2.05, 4.69) is 11.4 Å². The van der Waals surface area contributed by atoms with Crippen LogP contribution in [0.1, 0.15) is 11.1 Å². The second kappa shape index (κ2) is 5.93. The van der Waals surface area contributed by atoms with Gasteiger partial charge in [0, 0.05) is 18.8 Å². The van der Waals surface area contributed by atoms with Gasteiger partial charge in [0.25, 0.3) is 0 Å². The Morgan fingerprint density at radius 3 is 2.96 bits per heavy atom. The van der Waals surface area contributed by atoms with Crippen molar-refractivity contribution >= 4 is 11.6 Å². The lowest BCUT2D eigenvalue weighted by Crippen LogP contribution is -2.36. The van der Waals surface area contributed by atoms with Crippen LogP contribution in [0.3, 0.4) is 0 Å². The number of para-hydroxylation sites is 1. The number of nitrogens with zero attached hydrogens (tertiary/aromatic N) is 1. The van der Waals surface area contributed by atoms with Crippen molar-refractivity contribution in [1.82, 2.24) is 5.32 Å². The summed E-state index contributed by atoms with van der Waals surface area (Å²) in [4.78, 5) is 14.3. The summed E-state index contributed by atoms with van der Waals surface area (Å²) < 4.78 is 10.7. The van der Waals surface area contributed by atoms with Crippen molar-refractivity contribution in [3.05, 3.63) is 53.6 Å². The summed E-state index contributed by atoms with van der Waals surface area (Å²) in [5, 5.41) is 3.21. The molecule has 0 radical (unpaired) electrons. The standard InChI is InChI=1S/C18H18N2O3/c21-18(20-8-7-14-3-1-2-4-15(14)20)11-19-10-13-5-6-16-17(9-13)23-12-22-16/h1-6,9,19H,7-8,10-12H2. The molecule has 0 atom stereocenters. The minimum Gasteiger partial charge on any atom is -0.454 e. The zero-order chi connectivity index (χ0) is 15.6. The van der Waals surface area contributed by atoms with E-state index in [4.69, 9.17) is 9.47 Å². The minimum absolute atomic E-state index is 0.107. The number of fused-ring (bicyclic) bond motifs is 2. The highest BCUT2D eigenvalue weighted by atomic mass is 16.7. The van der Waals surface area contributed by atoms with Crippen LogP contribution in [0.4, 0.5) is 5.69 Å². The molecule has 0 aromatic heterocycles. The second-order valence-electron chi connectivity index (χ2n) is 5.72. The third kappa shape index (κ3) is 2.75. The molecule has 1 amide bonds. The van der Waals surface area contributed by atoms with Crippen LogP contribution in [0.15, 0.2) is 42.5 Å². The van der Waals surface area contributed by atoms with Crippen LogP contribution in [0.2, 0.25) is 0 Å². The van der Waals surface area contributed by atoms with Gasteiger partial charge < -0.3 is 19.7 Å². The Kier molecular flexibility index (Phi) is 3.63. The van der Waals surface area contributed by atoms with E-state index < -0.39 is 0 Å². The smallest absolute Gasteiger partial charge is 0.240 e. The predicted molar refractivity (Wildman–Crippen MR) is 86.8 cm³/mol. The lowest BCUT2D eigenvalue weighted by Gasteiger charge is -2.17. The predicted octanol–water partition coefficient (Wildman–Crippen LogP) is 2.09. The number of amides is 1. The quantitative estimate of drug-likeness (QED) is 0.939. The molecular weight excluding hydrogens is 292 g/mol. The lowest BCUT2D eigenvalue weighted by molar-refractivity contribution is -0.117. The summed E-state index contributed by atoms with van der Waals surface area (Å²) in [6, 6.07) is 13.9. The van der Waals surface area contributed by atoms with E-state index in [1.165, 1.54) is 5.56 Å². The number of rotatable bonds is 4. The summed E-state index contributed by atoms with van der Waals surface area (Å²) in [5.41, 5.74) is 3.36. The number of carbonyl (C=O) groups excluding carboxylic acids is 1. The summed E-state index contributed by atoms with van der Waals surface area (Å²) >= 11 is 0. The molecule has 2 aliphatic heterocycles. The molecule has 2 aliphatic rings. The Morgan fingerprint density at radius 2 is 2.00 bits per heavy atom. The lowest BCUT2D eigenvalue weighted by atomic mass is 10.2. The van der Waals surface area contributed by atoms with Crippen molar-refractivity contribution in [3.8, 4) is 11.5 Å². The van der Waals surface area contributed by atoms with Crippen LogP contribution in [-0.4, -0.2) is 25.8 Å². The molecule has 0 bridgehead atoms. The first-order valence-corrected chi connectivity index (χ1v) is 7.79. The fourth-order valence-electron chi connectivity index (χ4n) is 3.06. The van der Waals surface area contributed by atoms with Crippen molar-refractivity contribution in [1.29, 1.82) is 0 Å². The van der Waals surface area contributed by atoms with Crippen molar-refractivity contribution in [2.45, 2.75) is 13.0 Å². The molecule has 5 nitrogen and oxygen atoms in total. The van der Waals surface area contributed by atoms with Gasteiger partial charge in [-0.25, -0.2) is 0 Å². The number of hydrogen-bond acceptors (Lipinski definition) is 4. The van der Waals surface area contributed by atoms with Crippen LogP contribution >= 0.6 is 0 Å². The molecular formula is C18H18N2O3. The third-order valence-corrected chi connectivity index (χ3v) is 4.23. The molecule has 0 saturated heterocycles. The maximum atomic E-state index is 12.4. The zero-order valence-electron chi connectivity index (χ0n) is 12.7. The SMILES string of the molecule is O=C(CNCc1ccc2c(c1)OCO2)N1CCc2ccccc21. The summed E-state index contributed by atoms with van der Waals surface area (Å²) in [5.74, 6) is 1.65. The Labute approximate surface area is 134 Å². The van der Waals surface area contributed by atoms with Crippen molar-refractivity contribution in [2.24, 2.45) is 0 Å². The number of carbonyl (C=O) groups is 1. The van der Waals surface area contributed by atoms with Gasteiger partial charge in [-0.3, -0.25) is 4.79 Å². The number of nitrogens with one attached hydrogen (secondary N) is 1. The van der Waals surface area contributed by atoms with E-state index in [0.717, 1.165) is 35.7 Å². The second-order valence-corrected chi connectivity index (χ2v) is 5.72. The number of anilines is 1. The first-order valence-electron chi connectivity index (χ1n) is 7.79. The fourth-order valence-corrected chi connectivity index (χ4v) is 3.06. The van der Waals surface area contributed by atoms with Crippen LogP contribution in [0, 0.1) is 0 Å². The maximum Gasteiger partial charge on any atom is 0.240 e. The van der Waals surface area contributed by atoms with E-state index in [1.54, 1.807) is 0 Å². The van der Waals surface area contributed by atoms with Crippen LogP contribution in [-0.2, 0) is 17.8 Å². The topological polar surface area (TPSA) is 50.8 Å². The van der Waals surface area contributed by atoms with E-state index in [0.29, 0.717) is 13.1 Å². The van der Waals surface area contributed by atoms with E-state index in [-0.39, 0.29) is 12.7 Å². The molecule has 0 unspecified atom stereocenters. The van der Waals surface area contributed by atoms with Crippen LogP contribution in [0.25, 0.3) is 0 Å². The molecule has 5 heteroatoms. The molecule has 2 aromatic carbocycles. The normalized spacial score (nSPS) is 14.9. The molecule has 2 aromatic rings. The monoisotopic (exact) mass is 310 g/mol. The molecule has 0 aliphatic carbocycles. The Bertz CT molecular complexity index is 745. The minimum atomic E-state index is 0.107. The zero-order valence-corrected chi connectivity index (χ0v) is 12.7. The largest absolute Gasteiger partial charge is 0.454 e. The average molecular weight is 310 g/mol. The van der Waals surface area contributed by atoms with Crippen LogP contribution in [0.5, 0.6) is 11.5 Å². The highest BCUT2D eigenvalue weighted by Crippen LogP contribution is 2.32. The maximum absolute atomic E-state index is 12.4. The van der Waals surface area contributed by atoms with Crippen molar-refractivity contribution in [3.63, 3.8) is 0 Å². The van der Waals surface area contributed by atoms with Gasteiger partial charge in [0.2, 0.25) is 12.7 Å². The van der Waals surface area contributed by atoms with Crippen molar-refractivity contribution < 1.29 is 14.3 Å². The van der Waals surface area contributed by atoms with Gasteiger partial charge in [-0.15, -0.1) is 0 Å². The highest BCUT2D eigenvalue weighted by Gasteiger charge is 2.23. The van der Waals surface area contributed by atoms with Gasteiger partial charge in [0.05, 0.1) is 6.54 Å². The van der Waals surface area contributed by atoms with E-state index in [1.807, 2.05) is 41.3 Å². The van der Waals surface area contributed by atoms with E-state index in [9.17, 15) is 4.79 Å². The highest BCUT2D eigenvalue weighted by molar-refractivity contribution is 5.96. The molecule has 0 saturated carbocycles. The van der Waals surface area contributed by atoms with Gasteiger partial charge in [-0.05, 0) is 35.7 Å². The molecule has 23 heavy (non-hydrogen) atoms. The molecule has 0 spiro atoms. The van der Waals surface area contributed by atoms with Gasteiger partial charge in [0.1, 0.15) is 0 Å². The third-order valence-electron chi connectivity index (χ3n) is 4.23. The summed E-state index contributed by atoms with van der Waals surface area (Å²) in [7, 11) is 0. The van der Waals surface area contributed by atoms with Gasteiger partial charge in [-0.1, -0.05) is 24.3 Å². The van der Waals surface area contributed by atoms with E-state index >= 15 is 0 Å². The molecule has 118 valence electrons. The average Bonchev–Trinajstić information content (AvgIpc) is 3.21. The summed E-state index contributed by atoms with van der Waals surface area (Å²) in [6.45, 7) is 1.99. The number of hydrogen-bond donors (Lipinski definition) is 1. The molecule has 1 N–H and O–H groups in total. The number of benzene rings is 2. The Hall–Kier alpha value is -2.53. The molecule has 0 fully saturated rings. The Morgan fingerprint density at radius 1 is 1.13 bits per heavy atom. The van der Waals surface area contributed by atoms with Gasteiger partial charge >= 0.3 is 0 Å². The molecule has 2 heterocycles. The fraction of sp³-hybridized carbons (Fsp3) is 0.278. The first-order chi connectivity index (χ1) is 11.3. The van der Waals surface area contributed by atoms with Crippen molar-refractivity contribution in [2.75, 3.05) is 24.8 Å². The summed E-state index contributed by atoms with van der Waals surface area (Å²) in [6.07, 6.45) is 0.935.